The van der Waals surface area contributed by atoms with E-state index in [1.165, 1.54) is 15.3 Å². The highest BCUT2D eigenvalue weighted by Crippen LogP contribution is 2.35. The zero-order chi connectivity index (χ0) is 14.0. The second-order valence-electron chi connectivity index (χ2n) is 5.28. The van der Waals surface area contributed by atoms with Crippen LogP contribution in [0.15, 0.2) is 18.3 Å². The van der Waals surface area contributed by atoms with Crippen LogP contribution in [0.4, 0.5) is 0 Å². The Morgan fingerprint density at radius 1 is 1.37 bits per heavy atom. The molecule has 2 aromatic heterocycles. The molecule has 0 aliphatic heterocycles. The molecule has 0 saturated carbocycles. The number of aryl methyl sites for hydroxylation is 2. The zero-order valence-electron chi connectivity index (χ0n) is 12.4. The summed E-state index contributed by atoms with van der Waals surface area (Å²) < 4.78 is 1.88. The number of nitrogens with one attached hydrogen (secondary N) is 1. The summed E-state index contributed by atoms with van der Waals surface area (Å²) in [6.07, 6.45) is 2.10. The largest absolute Gasteiger partial charge is 0.309 e. The number of aromatic nitrogens is 2. The average Bonchev–Trinajstić information content (AvgIpc) is 2.92. The molecule has 1 N–H and O–H groups in total. The first-order chi connectivity index (χ1) is 9.02. The minimum absolute atomic E-state index is 0.445. The number of rotatable bonds is 5. The van der Waals surface area contributed by atoms with Crippen LogP contribution in [0.3, 0.4) is 0 Å². The van der Waals surface area contributed by atoms with Gasteiger partial charge in [0.25, 0.3) is 0 Å². The molecular weight excluding hydrogens is 254 g/mol. The number of nitrogens with zero attached hydrogens (tertiary/aromatic N) is 2. The summed E-state index contributed by atoms with van der Waals surface area (Å²) >= 11 is 1.87. The topological polar surface area (TPSA) is 29.9 Å². The standard InChI is InChI=1S/C15H23N3S/c1-6-16-15(10(2)3)14-8-7-13(19-14)12-9-18(5)17-11(12)4/h7-10,15-16H,6H2,1-5H3. The van der Waals surface area contributed by atoms with Crippen LogP contribution in [0.2, 0.25) is 0 Å². The van der Waals surface area contributed by atoms with E-state index in [4.69, 9.17) is 0 Å². The van der Waals surface area contributed by atoms with Gasteiger partial charge in [0.1, 0.15) is 0 Å². The Kier molecular flexibility index (Phi) is 4.42. The van der Waals surface area contributed by atoms with Gasteiger partial charge in [0, 0.05) is 34.6 Å². The van der Waals surface area contributed by atoms with Gasteiger partial charge < -0.3 is 5.32 Å². The zero-order valence-corrected chi connectivity index (χ0v) is 13.2. The van der Waals surface area contributed by atoms with Gasteiger partial charge in [-0.05, 0) is 31.5 Å². The Hall–Kier alpha value is -1.13. The molecule has 0 fully saturated rings. The minimum atomic E-state index is 0.445. The predicted octanol–water partition coefficient (Wildman–Crippen LogP) is 3.76. The maximum Gasteiger partial charge on any atom is 0.0680 e. The van der Waals surface area contributed by atoms with Gasteiger partial charge in [0.2, 0.25) is 0 Å². The molecular formula is C15H23N3S. The first kappa shape index (κ1) is 14.3. The Labute approximate surface area is 119 Å². The minimum Gasteiger partial charge on any atom is -0.309 e. The summed E-state index contributed by atoms with van der Waals surface area (Å²) in [6, 6.07) is 4.91. The van der Waals surface area contributed by atoms with E-state index in [1.54, 1.807) is 0 Å². The molecule has 1 atom stereocenters. The van der Waals surface area contributed by atoms with Crippen molar-refractivity contribution in [1.29, 1.82) is 0 Å². The van der Waals surface area contributed by atoms with E-state index in [0.717, 1.165) is 12.2 Å². The van der Waals surface area contributed by atoms with Crippen LogP contribution in [-0.4, -0.2) is 16.3 Å². The molecule has 3 nitrogen and oxygen atoms in total. The van der Waals surface area contributed by atoms with Gasteiger partial charge in [0.05, 0.1) is 5.69 Å². The van der Waals surface area contributed by atoms with Crippen molar-refractivity contribution in [2.75, 3.05) is 6.54 Å². The highest BCUT2D eigenvalue weighted by molar-refractivity contribution is 7.15. The Morgan fingerprint density at radius 3 is 2.63 bits per heavy atom. The van der Waals surface area contributed by atoms with E-state index in [2.05, 4.69) is 56.4 Å². The predicted molar refractivity (Wildman–Crippen MR) is 82.5 cm³/mol. The molecule has 0 aromatic carbocycles. The van der Waals surface area contributed by atoms with Crippen LogP contribution in [0, 0.1) is 12.8 Å². The van der Waals surface area contributed by atoms with Crippen molar-refractivity contribution in [2.24, 2.45) is 13.0 Å². The normalized spacial score (nSPS) is 13.2. The number of thiophene rings is 1. The quantitative estimate of drug-likeness (QED) is 0.901. The van der Waals surface area contributed by atoms with E-state index < -0.39 is 0 Å². The number of hydrogen-bond acceptors (Lipinski definition) is 3. The second kappa shape index (κ2) is 5.88. The molecule has 0 aliphatic carbocycles. The summed E-state index contributed by atoms with van der Waals surface area (Å²) in [5, 5.41) is 7.99. The van der Waals surface area contributed by atoms with Gasteiger partial charge >= 0.3 is 0 Å². The lowest BCUT2D eigenvalue weighted by Gasteiger charge is -2.20. The van der Waals surface area contributed by atoms with Gasteiger partial charge in [0.15, 0.2) is 0 Å². The molecule has 4 heteroatoms. The summed E-state index contributed by atoms with van der Waals surface area (Å²) in [5.74, 6) is 0.599. The summed E-state index contributed by atoms with van der Waals surface area (Å²) in [5.41, 5.74) is 2.35. The third-order valence-electron chi connectivity index (χ3n) is 3.30. The fraction of sp³-hybridized carbons (Fsp3) is 0.533. The van der Waals surface area contributed by atoms with Crippen LogP contribution in [0.5, 0.6) is 0 Å². The van der Waals surface area contributed by atoms with Crippen molar-refractivity contribution in [3.63, 3.8) is 0 Å². The van der Waals surface area contributed by atoms with Gasteiger partial charge in [-0.1, -0.05) is 20.8 Å². The van der Waals surface area contributed by atoms with E-state index >= 15 is 0 Å². The molecule has 2 aromatic rings. The molecule has 2 rings (SSSR count). The molecule has 1 unspecified atom stereocenters. The Balaban J connectivity index is 2.30. The molecule has 19 heavy (non-hydrogen) atoms. The Bertz CT molecular complexity index is 539. The maximum absolute atomic E-state index is 4.42. The van der Waals surface area contributed by atoms with Crippen molar-refractivity contribution in [3.05, 3.63) is 28.9 Å². The molecule has 0 aliphatic rings. The van der Waals surface area contributed by atoms with Gasteiger partial charge in [-0.3, -0.25) is 4.68 Å². The summed E-state index contributed by atoms with van der Waals surface area (Å²) in [6.45, 7) is 9.76. The summed E-state index contributed by atoms with van der Waals surface area (Å²) in [4.78, 5) is 2.72. The van der Waals surface area contributed by atoms with Crippen LogP contribution >= 0.6 is 11.3 Å². The lowest BCUT2D eigenvalue weighted by Crippen LogP contribution is -2.24. The highest BCUT2D eigenvalue weighted by atomic mass is 32.1. The molecule has 0 saturated heterocycles. The van der Waals surface area contributed by atoms with E-state index in [1.807, 2.05) is 23.1 Å². The monoisotopic (exact) mass is 277 g/mol. The van der Waals surface area contributed by atoms with Crippen molar-refractivity contribution in [2.45, 2.75) is 33.7 Å². The molecule has 2 heterocycles. The van der Waals surface area contributed by atoms with Gasteiger partial charge in [-0.2, -0.15) is 5.10 Å². The molecule has 0 radical (unpaired) electrons. The first-order valence-corrected chi connectivity index (χ1v) is 7.68. The fourth-order valence-corrected chi connectivity index (χ4v) is 3.71. The average molecular weight is 277 g/mol. The van der Waals surface area contributed by atoms with Crippen LogP contribution in [0.25, 0.3) is 10.4 Å². The van der Waals surface area contributed by atoms with Crippen molar-refractivity contribution in [3.8, 4) is 10.4 Å². The van der Waals surface area contributed by atoms with Crippen molar-refractivity contribution < 1.29 is 0 Å². The Morgan fingerprint density at radius 2 is 2.11 bits per heavy atom. The smallest absolute Gasteiger partial charge is 0.0680 e. The lowest BCUT2D eigenvalue weighted by molar-refractivity contribution is 0.428. The third kappa shape index (κ3) is 3.07. The molecule has 0 bridgehead atoms. The van der Waals surface area contributed by atoms with E-state index in [-0.39, 0.29) is 0 Å². The van der Waals surface area contributed by atoms with Crippen molar-refractivity contribution >= 4 is 11.3 Å². The third-order valence-corrected chi connectivity index (χ3v) is 4.50. The van der Waals surface area contributed by atoms with E-state index in [0.29, 0.717) is 12.0 Å². The maximum atomic E-state index is 4.42. The molecule has 104 valence electrons. The van der Waals surface area contributed by atoms with Gasteiger partial charge in [-0.25, -0.2) is 0 Å². The van der Waals surface area contributed by atoms with Gasteiger partial charge in [-0.15, -0.1) is 11.3 Å². The molecule has 0 amide bonds. The summed E-state index contributed by atoms with van der Waals surface area (Å²) in [7, 11) is 1.97. The number of hydrogen-bond donors (Lipinski definition) is 1. The van der Waals surface area contributed by atoms with Crippen LogP contribution in [-0.2, 0) is 7.05 Å². The van der Waals surface area contributed by atoms with Crippen LogP contribution < -0.4 is 5.32 Å². The highest BCUT2D eigenvalue weighted by Gasteiger charge is 2.18. The second-order valence-corrected chi connectivity index (χ2v) is 6.40. The van der Waals surface area contributed by atoms with Crippen molar-refractivity contribution in [1.82, 2.24) is 15.1 Å². The SMILES string of the molecule is CCNC(c1ccc(-c2cn(C)nc2C)s1)C(C)C. The van der Waals surface area contributed by atoms with E-state index in [9.17, 15) is 0 Å². The van der Waals surface area contributed by atoms with Crippen LogP contribution in [0.1, 0.15) is 37.4 Å². The first-order valence-electron chi connectivity index (χ1n) is 6.86. The fourth-order valence-electron chi connectivity index (χ4n) is 2.39. The molecule has 0 spiro atoms. The lowest BCUT2D eigenvalue weighted by atomic mass is 10.0.